The zero-order valence-electron chi connectivity index (χ0n) is 11.4. The van der Waals surface area contributed by atoms with Crippen molar-refractivity contribution in [2.75, 3.05) is 0 Å². The van der Waals surface area contributed by atoms with E-state index in [1.165, 1.54) is 0 Å². The molecule has 0 amide bonds. The van der Waals surface area contributed by atoms with Gasteiger partial charge in [-0.2, -0.15) is 5.26 Å². The van der Waals surface area contributed by atoms with Crippen molar-refractivity contribution < 1.29 is 9.15 Å². The summed E-state index contributed by atoms with van der Waals surface area (Å²) in [5.74, 6) is 1.08. The molecule has 0 spiro atoms. The average molecular weight is 279 g/mol. The number of para-hydroxylation sites is 1. The van der Waals surface area contributed by atoms with Crippen molar-refractivity contribution in [3.63, 3.8) is 0 Å². The largest absolute Gasteiger partial charge is 0.450 e. The summed E-state index contributed by atoms with van der Waals surface area (Å²) < 4.78 is 11.2. The van der Waals surface area contributed by atoms with E-state index in [2.05, 4.69) is 4.98 Å². The van der Waals surface area contributed by atoms with Crippen LogP contribution in [0.2, 0.25) is 0 Å². The summed E-state index contributed by atoms with van der Waals surface area (Å²) in [4.78, 5) is 4.23. The van der Waals surface area contributed by atoms with Crippen LogP contribution in [-0.4, -0.2) is 4.98 Å². The number of nitrogens with zero attached hydrogens (tertiary/aromatic N) is 2. The molecular weight excluding hydrogens is 266 g/mol. The molecule has 2 N–H and O–H groups in total. The summed E-state index contributed by atoms with van der Waals surface area (Å²) in [6.07, 6.45) is 1.58. The van der Waals surface area contributed by atoms with Crippen LogP contribution in [0.15, 0.2) is 47.0 Å². The molecule has 0 saturated heterocycles. The van der Waals surface area contributed by atoms with Crippen LogP contribution in [0.5, 0.6) is 11.5 Å². The van der Waals surface area contributed by atoms with E-state index in [1.54, 1.807) is 24.4 Å². The van der Waals surface area contributed by atoms with Gasteiger partial charge in [-0.15, -0.1) is 0 Å². The van der Waals surface area contributed by atoms with E-state index in [0.29, 0.717) is 17.1 Å². The molecule has 1 atom stereocenters. The van der Waals surface area contributed by atoms with Crippen LogP contribution in [0.4, 0.5) is 0 Å². The van der Waals surface area contributed by atoms with Crippen LogP contribution < -0.4 is 10.5 Å². The first-order valence-corrected chi connectivity index (χ1v) is 6.50. The molecule has 0 saturated carbocycles. The predicted octanol–water partition coefficient (Wildman–Crippen LogP) is 3.51. The molecule has 0 bridgehead atoms. The fourth-order valence-corrected chi connectivity index (χ4v) is 2.04. The van der Waals surface area contributed by atoms with Crippen molar-refractivity contribution >= 4 is 11.0 Å². The van der Waals surface area contributed by atoms with Gasteiger partial charge in [-0.3, -0.25) is 4.98 Å². The van der Waals surface area contributed by atoms with Gasteiger partial charge in [0.2, 0.25) is 5.76 Å². The lowest BCUT2D eigenvalue weighted by Gasteiger charge is -2.07. The Balaban J connectivity index is 1.99. The standard InChI is InChI=1S/C16H13N3O2/c1-10(18)13-7-6-11(9-19-13)20-16-12-4-2-3-5-14(12)21-15(16)8-17/h2-7,9-10H,18H2,1H3. The topological polar surface area (TPSA) is 85.1 Å². The third kappa shape index (κ3) is 2.45. The van der Waals surface area contributed by atoms with E-state index >= 15 is 0 Å². The van der Waals surface area contributed by atoms with Gasteiger partial charge in [-0.25, -0.2) is 0 Å². The molecule has 5 nitrogen and oxygen atoms in total. The number of fused-ring (bicyclic) bond motifs is 1. The Morgan fingerprint density at radius 3 is 2.76 bits per heavy atom. The van der Waals surface area contributed by atoms with Crippen molar-refractivity contribution in [1.29, 1.82) is 5.26 Å². The van der Waals surface area contributed by atoms with E-state index in [1.807, 2.05) is 31.2 Å². The first-order valence-electron chi connectivity index (χ1n) is 6.50. The van der Waals surface area contributed by atoms with Gasteiger partial charge in [0.05, 0.1) is 17.3 Å². The molecule has 0 fully saturated rings. The molecule has 0 aliphatic heterocycles. The first kappa shape index (κ1) is 13.2. The Bertz CT molecular complexity index is 814. The molecular formula is C16H13N3O2. The van der Waals surface area contributed by atoms with Crippen molar-refractivity contribution in [3.8, 4) is 17.6 Å². The van der Waals surface area contributed by atoms with Gasteiger partial charge >= 0.3 is 0 Å². The zero-order chi connectivity index (χ0) is 14.8. The van der Waals surface area contributed by atoms with E-state index in [-0.39, 0.29) is 11.8 Å². The molecule has 0 radical (unpaired) electrons. The lowest BCUT2D eigenvalue weighted by Crippen LogP contribution is -2.06. The lowest BCUT2D eigenvalue weighted by atomic mass is 10.2. The molecule has 3 aromatic rings. The number of benzene rings is 1. The maximum absolute atomic E-state index is 9.16. The Morgan fingerprint density at radius 2 is 2.10 bits per heavy atom. The number of aromatic nitrogens is 1. The van der Waals surface area contributed by atoms with Gasteiger partial charge < -0.3 is 14.9 Å². The third-order valence-corrected chi connectivity index (χ3v) is 3.10. The molecule has 5 heteroatoms. The highest BCUT2D eigenvalue weighted by molar-refractivity contribution is 5.86. The van der Waals surface area contributed by atoms with Crippen LogP contribution in [0.1, 0.15) is 24.4 Å². The second-order valence-electron chi connectivity index (χ2n) is 4.68. The number of hydrogen-bond donors (Lipinski definition) is 1. The number of rotatable bonds is 3. The average Bonchev–Trinajstić information content (AvgIpc) is 2.86. The van der Waals surface area contributed by atoms with Crippen LogP contribution >= 0.6 is 0 Å². The molecule has 104 valence electrons. The van der Waals surface area contributed by atoms with E-state index < -0.39 is 0 Å². The highest BCUT2D eigenvalue weighted by atomic mass is 16.5. The molecule has 0 aliphatic carbocycles. The number of nitriles is 1. The Hall–Kier alpha value is -2.84. The lowest BCUT2D eigenvalue weighted by molar-refractivity contribution is 0.464. The Kier molecular flexibility index (Phi) is 3.30. The van der Waals surface area contributed by atoms with Crippen molar-refractivity contribution in [2.24, 2.45) is 5.73 Å². The van der Waals surface area contributed by atoms with Crippen molar-refractivity contribution in [2.45, 2.75) is 13.0 Å². The normalized spacial score (nSPS) is 12.0. The van der Waals surface area contributed by atoms with Gasteiger partial charge in [0.25, 0.3) is 0 Å². The van der Waals surface area contributed by atoms with Gasteiger partial charge in [-0.05, 0) is 31.2 Å². The monoisotopic (exact) mass is 279 g/mol. The molecule has 1 unspecified atom stereocenters. The Labute approximate surface area is 121 Å². The third-order valence-electron chi connectivity index (χ3n) is 3.10. The summed E-state index contributed by atoms with van der Waals surface area (Å²) in [5, 5.41) is 9.91. The van der Waals surface area contributed by atoms with E-state index in [0.717, 1.165) is 11.1 Å². The molecule has 2 aromatic heterocycles. The number of furan rings is 1. The highest BCUT2D eigenvalue weighted by Crippen LogP contribution is 2.35. The molecule has 1 aromatic carbocycles. The fraction of sp³-hybridized carbons (Fsp3) is 0.125. The summed E-state index contributed by atoms with van der Waals surface area (Å²) in [6.45, 7) is 1.86. The molecule has 21 heavy (non-hydrogen) atoms. The molecule has 3 rings (SSSR count). The second kappa shape index (κ2) is 5.27. The fourth-order valence-electron chi connectivity index (χ4n) is 2.04. The van der Waals surface area contributed by atoms with Gasteiger partial charge in [-0.1, -0.05) is 12.1 Å². The van der Waals surface area contributed by atoms with Crippen molar-refractivity contribution in [3.05, 3.63) is 54.0 Å². The predicted molar refractivity (Wildman–Crippen MR) is 77.8 cm³/mol. The zero-order valence-corrected chi connectivity index (χ0v) is 11.4. The smallest absolute Gasteiger partial charge is 0.247 e. The number of hydrogen-bond acceptors (Lipinski definition) is 5. The van der Waals surface area contributed by atoms with Crippen LogP contribution in [0.25, 0.3) is 11.0 Å². The SMILES string of the molecule is CC(N)c1ccc(Oc2c(C#N)oc3ccccc23)cn1. The summed E-state index contributed by atoms with van der Waals surface area (Å²) >= 11 is 0. The minimum absolute atomic E-state index is 0.136. The molecule has 2 heterocycles. The summed E-state index contributed by atoms with van der Waals surface area (Å²) in [6, 6.07) is 12.8. The number of ether oxygens (including phenoxy) is 1. The number of pyridine rings is 1. The number of nitrogens with two attached hydrogens (primary N) is 1. The van der Waals surface area contributed by atoms with Crippen LogP contribution in [0.3, 0.4) is 0 Å². The van der Waals surface area contributed by atoms with Crippen LogP contribution in [0, 0.1) is 11.3 Å². The van der Waals surface area contributed by atoms with Gasteiger partial charge in [0.1, 0.15) is 17.4 Å². The Morgan fingerprint density at radius 1 is 1.29 bits per heavy atom. The quantitative estimate of drug-likeness (QED) is 0.792. The van der Waals surface area contributed by atoms with E-state index in [4.69, 9.17) is 20.1 Å². The molecule has 0 aliphatic rings. The van der Waals surface area contributed by atoms with Gasteiger partial charge in [0.15, 0.2) is 5.75 Å². The van der Waals surface area contributed by atoms with E-state index in [9.17, 15) is 0 Å². The minimum atomic E-state index is -0.136. The minimum Gasteiger partial charge on any atom is -0.450 e. The first-order chi connectivity index (χ1) is 10.2. The van der Waals surface area contributed by atoms with Crippen molar-refractivity contribution in [1.82, 2.24) is 4.98 Å². The maximum atomic E-state index is 9.16. The van der Waals surface area contributed by atoms with Crippen LogP contribution in [-0.2, 0) is 0 Å². The van der Waals surface area contributed by atoms with Gasteiger partial charge in [0, 0.05) is 6.04 Å². The summed E-state index contributed by atoms with van der Waals surface area (Å²) in [7, 11) is 0. The second-order valence-corrected chi connectivity index (χ2v) is 4.68. The summed E-state index contributed by atoms with van der Waals surface area (Å²) in [5.41, 5.74) is 7.15. The highest BCUT2D eigenvalue weighted by Gasteiger charge is 2.16. The maximum Gasteiger partial charge on any atom is 0.247 e.